The molecule has 0 aliphatic heterocycles. The van der Waals surface area contributed by atoms with E-state index in [1.165, 1.54) is 70.9 Å². The SMILES string of the molecule is C[Si](C)(C)c1ccc(-c2c3ccccc3c(-c3ccccc3-c3ccccc3)c3ccccc23)c2ccccc12. The summed E-state index contributed by atoms with van der Waals surface area (Å²) >= 11 is 0. The normalized spacial score (nSPS) is 11.9. The molecule has 0 fully saturated rings. The van der Waals surface area contributed by atoms with E-state index in [9.17, 15) is 0 Å². The van der Waals surface area contributed by atoms with Crippen LogP contribution in [0.5, 0.6) is 0 Å². The Morgan fingerprint density at radius 2 is 0.750 bits per heavy atom. The molecule has 0 unspecified atom stereocenters. The highest BCUT2D eigenvalue weighted by molar-refractivity contribution is 6.90. The maximum Gasteiger partial charge on any atom is 0.0784 e. The highest BCUT2D eigenvalue weighted by atomic mass is 28.3. The summed E-state index contributed by atoms with van der Waals surface area (Å²) in [5.74, 6) is 0. The van der Waals surface area contributed by atoms with Gasteiger partial charge in [0.15, 0.2) is 0 Å². The van der Waals surface area contributed by atoms with E-state index in [4.69, 9.17) is 0 Å². The molecule has 0 heterocycles. The van der Waals surface area contributed by atoms with Gasteiger partial charge in [-0.15, -0.1) is 0 Å². The number of fused-ring (bicyclic) bond motifs is 3. The van der Waals surface area contributed by atoms with Gasteiger partial charge < -0.3 is 0 Å². The monoisotopic (exact) mass is 528 g/mol. The fourth-order valence-corrected chi connectivity index (χ4v) is 8.06. The minimum Gasteiger partial charge on any atom is -0.0656 e. The second-order valence-electron chi connectivity index (χ2n) is 11.7. The lowest BCUT2D eigenvalue weighted by molar-refractivity contribution is 1.61. The zero-order valence-electron chi connectivity index (χ0n) is 23.3. The first-order valence-corrected chi connectivity index (χ1v) is 17.6. The topological polar surface area (TPSA) is 0 Å². The number of rotatable bonds is 4. The molecule has 7 rings (SSSR count). The molecule has 1 heteroatoms. The Balaban J connectivity index is 1.62. The molecule has 40 heavy (non-hydrogen) atoms. The Kier molecular flexibility index (Phi) is 5.91. The molecule has 0 saturated heterocycles. The standard InChI is InChI=1S/C39H32Si/c1-40(2,3)37-26-25-36(29-18-8-9-19-30(29)37)39-34-23-13-11-21-32(34)38(33-22-12-14-24-35(33)39)31-20-10-7-17-28(31)27-15-5-4-6-16-27/h4-26H,1-3H3. The minimum atomic E-state index is -1.52. The smallest absolute Gasteiger partial charge is 0.0656 e. The molecular weight excluding hydrogens is 497 g/mol. The molecule has 0 aromatic heterocycles. The van der Waals surface area contributed by atoms with Gasteiger partial charge in [0, 0.05) is 0 Å². The zero-order chi connectivity index (χ0) is 27.3. The van der Waals surface area contributed by atoms with E-state index in [2.05, 4.69) is 159 Å². The maximum absolute atomic E-state index is 2.44. The molecule has 7 aromatic rings. The van der Waals surface area contributed by atoms with Crippen molar-refractivity contribution in [1.29, 1.82) is 0 Å². The van der Waals surface area contributed by atoms with Gasteiger partial charge in [-0.2, -0.15) is 0 Å². The zero-order valence-corrected chi connectivity index (χ0v) is 24.3. The van der Waals surface area contributed by atoms with Crippen molar-refractivity contribution >= 4 is 45.6 Å². The van der Waals surface area contributed by atoms with Crippen molar-refractivity contribution in [2.75, 3.05) is 0 Å². The quantitative estimate of drug-likeness (QED) is 0.157. The van der Waals surface area contributed by atoms with Gasteiger partial charge in [-0.3, -0.25) is 0 Å². The van der Waals surface area contributed by atoms with Crippen molar-refractivity contribution in [3.63, 3.8) is 0 Å². The van der Waals surface area contributed by atoms with E-state index in [1.54, 1.807) is 0 Å². The first-order chi connectivity index (χ1) is 19.5. The first-order valence-electron chi connectivity index (χ1n) is 14.1. The van der Waals surface area contributed by atoms with E-state index < -0.39 is 8.07 Å². The lowest BCUT2D eigenvalue weighted by Gasteiger charge is -2.23. The average Bonchev–Trinajstić information content (AvgIpc) is 2.99. The summed E-state index contributed by atoms with van der Waals surface area (Å²) in [5.41, 5.74) is 7.71. The van der Waals surface area contributed by atoms with Gasteiger partial charge in [-0.25, -0.2) is 0 Å². The van der Waals surface area contributed by atoms with Crippen LogP contribution in [0.2, 0.25) is 19.6 Å². The van der Waals surface area contributed by atoms with E-state index in [-0.39, 0.29) is 0 Å². The predicted molar refractivity (Wildman–Crippen MR) is 178 cm³/mol. The molecule has 0 atom stereocenters. The van der Waals surface area contributed by atoms with E-state index >= 15 is 0 Å². The maximum atomic E-state index is 2.44. The van der Waals surface area contributed by atoms with Crippen LogP contribution in [0.4, 0.5) is 0 Å². The molecular formula is C39H32Si. The lowest BCUT2D eigenvalue weighted by Crippen LogP contribution is -2.38. The molecule has 0 aliphatic rings. The Morgan fingerprint density at radius 1 is 0.325 bits per heavy atom. The van der Waals surface area contributed by atoms with Crippen LogP contribution >= 0.6 is 0 Å². The highest BCUT2D eigenvalue weighted by Gasteiger charge is 2.23. The van der Waals surface area contributed by atoms with Gasteiger partial charge in [0.2, 0.25) is 0 Å². The second kappa shape index (κ2) is 9.62. The second-order valence-corrected chi connectivity index (χ2v) is 16.7. The van der Waals surface area contributed by atoms with Gasteiger partial charge in [0.25, 0.3) is 0 Å². The molecule has 0 radical (unpaired) electrons. The van der Waals surface area contributed by atoms with Crippen LogP contribution in [0, 0.1) is 0 Å². The Morgan fingerprint density at radius 3 is 1.30 bits per heavy atom. The summed E-state index contributed by atoms with van der Waals surface area (Å²) in [6, 6.07) is 51.4. The predicted octanol–water partition coefficient (Wildman–Crippen LogP) is 10.7. The van der Waals surface area contributed by atoms with Gasteiger partial charge in [-0.05, 0) is 65.7 Å². The van der Waals surface area contributed by atoms with E-state index in [1.807, 2.05) is 0 Å². The molecule has 0 bridgehead atoms. The van der Waals surface area contributed by atoms with Gasteiger partial charge in [-0.1, -0.05) is 164 Å². The Bertz CT molecular complexity index is 1970. The van der Waals surface area contributed by atoms with Crippen molar-refractivity contribution in [3.05, 3.63) is 140 Å². The summed E-state index contributed by atoms with van der Waals surface area (Å²) < 4.78 is 0. The Hall–Kier alpha value is -4.46. The van der Waals surface area contributed by atoms with Crippen molar-refractivity contribution in [1.82, 2.24) is 0 Å². The molecule has 0 saturated carbocycles. The van der Waals surface area contributed by atoms with E-state index in [0.717, 1.165) is 0 Å². The summed E-state index contributed by atoms with van der Waals surface area (Å²) in [7, 11) is -1.52. The molecule has 0 N–H and O–H groups in total. The highest BCUT2D eigenvalue weighted by Crippen LogP contribution is 2.47. The average molecular weight is 529 g/mol. The van der Waals surface area contributed by atoms with Crippen molar-refractivity contribution in [2.24, 2.45) is 0 Å². The summed E-state index contributed by atoms with van der Waals surface area (Å²) in [4.78, 5) is 0. The molecule has 0 amide bonds. The number of hydrogen-bond acceptors (Lipinski definition) is 0. The van der Waals surface area contributed by atoms with Crippen molar-refractivity contribution < 1.29 is 0 Å². The largest absolute Gasteiger partial charge is 0.0784 e. The fraction of sp³-hybridized carbons (Fsp3) is 0.0769. The molecule has 7 aromatic carbocycles. The summed E-state index contributed by atoms with van der Waals surface area (Å²) in [5, 5.41) is 9.43. The number of hydrogen-bond donors (Lipinski definition) is 0. The summed E-state index contributed by atoms with van der Waals surface area (Å²) in [6.45, 7) is 7.33. The van der Waals surface area contributed by atoms with Crippen molar-refractivity contribution in [2.45, 2.75) is 19.6 Å². The third-order valence-corrected chi connectivity index (χ3v) is 10.3. The van der Waals surface area contributed by atoms with Crippen LogP contribution in [0.15, 0.2) is 140 Å². The third kappa shape index (κ3) is 3.97. The van der Waals surface area contributed by atoms with Crippen LogP contribution in [0.1, 0.15) is 0 Å². The van der Waals surface area contributed by atoms with Gasteiger partial charge in [0.05, 0.1) is 8.07 Å². The minimum absolute atomic E-state index is 1.24. The molecule has 0 aliphatic carbocycles. The third-order valence-electron chi connectivity index (χ3n) is 8.21. The summed E-state index contributed by atoms with van der Waals surface area (Å²) in [6.07, 6.45) is 0. The first kappa shape index (κ1) is 24.6. The van der Waals surface area contributed by atoms with Crippen LogP contribution in [-0.4, -0.2) is 8.07 Å². The molecule has 0 spiro atoms. The fourth-order valence-electron chi connectivity index (χ4n) is 6.45. The van der Waals surface area contributed by atoms with E-state index in [0.29, 0.717) is 0 Å². The van der Waals surface area contributed by atoms with Crippen molar-refractivity contribution in [3.8, 4) is 33.4 Å². The Labute approximate surface area is 237 Å². The van der Waals surface area contributed by atoms with Crippen LogP contribution in [0.3, 0.4) is 0 Å². The van der Waals surface area contributed by atoms with Gasteiger partial charge >= 0.3 is 0 Å². The van der Waals surface area contributed by atoms with Crippen LogP contribution < -0.4 is 5.19 Å². The van der Waals surface area contributed by atoms with Gasteiger partial charge in [0.1, 0.15) is 0 Å². The number of benzene rings is 7. The molecule has 192 valence electrons. The lowest BCUT2D eigenvalue weighted by atomic mass is 9.83. The van der Waals surface area contributed by atoms with Crippen LogP contribution in [0.25, 0.3) is 65.7 Å². The molecule has 0 nitrogen and oxygen atoms in total. The van der Waals surface area contributed by atoms with Crippen LogP contribution in [-0.2, 0) is 0 Å².